The third-order valence-electron chi connectivity index (χ3n) is 3.52. The van der Waals surface area contributed by atoms with Crippen molar-refractivity contribution < 1.29 is 9.53 Å². The molecule has 0 unspecified atom stereocenters. The average molecular weight is 408 g/mol. The van der Waals surface area contributed by atoms with Crippen molar-refractivity contribution in [2.24, 2.45) is 0 Å². The summed E-state index contributed by atoms with van der Waals surface area (Å²) in [7, 11) is 1.61. The number of nitrogens with one attached hydrogen (secondary N) is 1. The monoisotopic (exact) mass is 407 g/mol. The van der Waals surface area contributed by atoms with E-state index in [1.54, 1.807) is 7.11 Å². The molecule has 1 amide bonds. The van der Waals surface area contributed by atoms with Gasteiger partial charge in [0.2, 0.25) is 5.91 Å². The highest BCUT2D eigenvalue weighted by molar-refractivity contribution is 9.10. The van der Waals surface area contributed by atoms with Crippen molar-refractivity contribution in [2.45, 2.75) is 31.1 Å². The summed E-state index contributed by atoms with van der Waals surface area (Å²) in [6.07, 6.45) is 0. The molecule has 1 N–H and O–H groups in total. The lowest BCUT2D eigenvalue weighted by Crippen LogP contribution is -2.16. The van der Waals surface area contributed by atoms with Crippen LogP contribution in [0.3, 0.4) is 0 Å². The van der Waals surface area contributed by atoms with Gasteiger partial charge in [0, 0.05) is 9.37 Å². The number of methoxy groups -OCH3 is 1. The Hall–Kier alpha value is -1.46. The van der Waals surface area contributed by atoms with E-state index in [1.165, 1.54) is 11.8 Å². The standard InChI is InChI=1S/C19H22BrNO2S/c1-19(2,3)13-5-10-17(23-4)16(11-13)21-18(22)12-24-15-8-6-14(20)7-9-15/h5-11H,12H2,1-4H3,(H,21,22). The minimum atomic E-state index is -0.0488. The fourth-order valence-electron chi connectivity index (χ4n) is 2.14. The van der Waals surface area contributed by atoms with Gasteiger partial charge in [0.25, 0.3) is 0 Å². The van der Waals surface area contributed by atoms with E-state index in [0.29, 0.717) is 17.2 Å². The molecule has 0 aliphatic rings. The predicted octanol–water partition coefficient (Wildman–Crippen LogP) is 5.49. The van der Waals surface area contributed by atoms with Crippen LogP contribution in [0, 0.1) is 0 Å². The van der Waals surface area contributed by atoms with E-state index in [4.69, 9.17) is 4.74 Å². The summed E-state index contributed by atoms with van der Waals surface area (Å²) in [4.78, 5) is 13.3. The number of anilines is 1. The zero-order valence-electron chi connectivity index (χ0n) is 14.4. The van der Waals surface area contributed by atoms with Crippen molar-refractivity contribution in [3.05, 3.63) is 52.5 Å². The summed E-state index contributed by atoms with van der Waals surface area (Å²) in [5.41, 5.74) is 1.88. The van der Waals surface area contributed by atoms with Gasteiger partial charge < -0.3 is 10.1 Å². The fourth-order valence-corrected chi connectivity index (χ4v) is 3.10. The van der Waals surface area contributed by atoms with Crippen molar-refractivity contribution in [1.29, 1.82) is 0 Å². The zero-order valence-corrected chi connectivity index (χ0v) is 16.8. The van der Waals surface area contributed by atoms with Crippen molar-refractivity contribution >= 4 is 39.3 Å². The number of ether oxygens (including phenoxy) is 1. The molecule has 2 aromatic carbocycles. The van der Waals surface area contributed by atoms with Crippen molar-refractivity contribution in [3.63, 3.8) is 0 Å². The maximum Gasteiger partial charge on any atom is 0.234 e. The van der Waals surface area contributed by atoms with Gasteiger partial charge in [-0.3, -0.25) is 4.79 Å². The summed E-state index contributed by atoms with van der Waals surface area (Å²) in [6, 6.07) is 13.8. The molecule has 0 saturated carbocycles. The highest BCUT2D eigenvalue weighted by Crippen LogP contribution is 2.31. The van der Waals surface area contributed by atoms with Crippen LogP contribution < -0.4 is 10.1 Å². The van der Waals surface area contributed by atoms with Gasteiger partial charge in [-0.25, -0.2) is 0 Å². The molecular weight excluding hydrogens is 386 g/mol. The number of amides is 1. The molecule has 0 atom stereocenters. The molecule has 24 heavy (non-hydrogen) atoms. The van der Waals surface area contributed by atoms with Crippen LogP contribution in [0.2, 0.25) is 0 Å². The van der Waals surface area contributed by atoms with E-state index in [1.807, 2.05) is 42.5 Å². The molecule has 0 spiro atoms. The van der Waals surface area contributed by atoms with Gasteiger partial charge in [-0.05, 0) is 47.4 Å². The molecule has 2 rings (SSSR count). The van der Waals surface area contributed by atoms with Crippen LogP contribution in [0.5, 0.6) is 5.75 Å². The molecule has 0 fully saturated rings. The summed E-state index contributed by atoms with van der Waals surface area (Å²) in [5.74, 6) is 0.974. The number of benzene rings is 2. The quantitative estimate of drug-likeness (QED) is 0.666. The molecule has 0 radical (unpaired) electrons. The van der Waals surface area contributed by atoms with Gasteiger partial charge >= 0.3 is 0 Å². The molecule has 0 aliphatic heterocycles. The number of halogens is 1. The van der Waals surface area contributed by atoms with Gasteiger partial charge in [-0.15, -0.1) is 11.8 Å². The molecule has 0 heterocycles. The maximum atomic E-state index is 12.3. The average Bonchev–Trinajstić information content (AvgIpc) is 2.53. The van der Waals surface area contributed by atoms with Crippen LogP contribution in [-0.2, 0) is 10.2 Å². The Bertz CT molecular complexity index is 708. The number of hydrogen-bond donors (Lipinski definition) is 1. The normalized spacial score (nSPS) is 11.2. The van der Waals surface area contributed by atoms with Crippen LogP contribution in [0.15, 0.2) is 51.8 Å². The minimum absolute atomic E-state index is 0.0118. The fraction of sp³-hybridized carbons (Fsp3) is 0.316. The number of carbonyl (C=O) groups excluding carboxylic acids is 1. The second kappa shape index (κ2) is 8.08. The van der Waals surface area contributed by atoms with Crippen LogP contribution in [-0.4, -0.2) is 18.8 Å². The molecule has 3 nitrogen and oxygen atoms in total. The van der Waals surface area contributed by atoms with E-state index in [0.717, 1.165) is 14.9 Å². The first-order chi connectivity index (χ1) is 11.3. The maximum absolute atomic E-state index is 12.3. The SMILES string of the molecule is COc1ccc(C(C)(C)C)cc1NC(=O)CSc1ccc(Br)cc1. The van der Waals surface area contributed by atoms with E-state index in [2.05, 4.69) is 42.0 Å². The lowest BCUT2D eigenvalue weighted by molar-refractivity contribution is -0.113. The second-order valence-electron chi connectivity index (χ2n) is 6.46. The van der Waals surface area contributed by atoms with Crippen LogP contribution in [0.1, 0.15) is 26.3 Å². The zero-order chi connectivity index (χ0) is 17.7. The van der Waals surface area contributed by atoms with Crippen LogP contribution in [0.25, 0.3) is 0 Å². The number of carbonyl (C=O) groups is 1. The minimum Gasteiger partial charge on any atom is -0.495 e. The van der Waals surface area contributed by atoms with Gasteiger partial charge in [0.1, 0.15) is 5.75 Å². The number of hydrogen-bond acceptors (Lipinski definition) is 3. The number of rotatable bonds is 5. The van der Waals surface area contributed by atoms with E-state index >= 15 is 0 Å². The van der Waals surface area contributed by atoms with Gasteiger partial charge in [0.05, 0.1) is 18.6 Å². The Labute approximate surface area is 156 Å². The van der Waals surface area contributed by atoms with Gasteiger partial charge in [-0.1, -0.05) is 42.8 Å². The molecule has 2 aromatic rings. The Kier molecular flexibility index (Phi) is 6.35. The first-order valence-corrected chi connectivity index (χ1v) is 9.44. The molecular formula is C19H22BrNO2S. The first kappa shape index (κ1) is 18.9. The lowest BCUT2D eigenvalue weighted by Gasteiger charge is -2.21. The van der Waals surface area contributed by atoms with Crippen molar-refractivity contribution in [1.82, 2.24) is 0 Å². The third-order valence-corrected chi connectivity index (χ3v) is 5.06. The van der Waals surface area contributed by atoms with Crippen LogP contribution in [0.4, 0.5) is 5.69 Å². The second-order valence-corrected chi connectivity index (χ2v) is 8.42. The summed E-state index contributed by atoms with van der Waals surface area (Å²) >= 11 is 4.91. The number of thioether (sulfide) groups is 1. The Morgan fingerprint density at radius 1 is 1.17 bits per heavy atom. The summed E-state index contributed by atoms with van der Waals surface area (Å²) in [5, 5.41) is 2.96. The van der Waals surface area contributed by atoms with E-state index < -0.39 is 0 Å². The highest BCUT2D eigenvalue weighted by Gasteiger charge is 2.17. The molecule has 0 aliphatic carbocycles. The molecule has 0 saturated heterocycles. The van der Waals surface area contributed by atoms with Crippen molar-refractivity contribution in [2.75, 3.05) is 18.2 Å². The first-order valence-electron chi connectivity index (χ1n) is 7.66. The largest absolute Gasteiger partial charge is 0.495 e. The highest BCUT2D eigenvalue weighted by atomic mass is 79.9. The Balaban J connectivity index is 2.05. The lowest BCUT2D eigenvalue weighted by atomic mass is 9.87. The molecule has 5 heteroatoms. The molecule has 0 aromatic heterocycles. The smallest absolute Gasteiger partial charge is 0.234 e. The topological polar surface area (TPSA) is 38.3 Å². The third kappa shape index (κ3) is 5.28. The molecule has 0 bridgehead atoms. The predicted molar refractivity (Wildman–Crippen MR) is 105 cm³/mol. The van der Waals surface area contributed by atoms with E-state index in [-0.39, 0.29) is 11.3 Å². The summed E-state index contributed by atoms with van der Waals surface area (Å²) < 4.78 is 6.39. The Morgan fingerprint density at radius 2 is 1.83 bits per heavy atom. The summed E-state index contributed by atoms with van der Waals surface area (Å²) in [6.45, 7) is 6.43. The Morgan fingerprint density at radius 3 is 2.42 bits per heavy atom. The molecule has 128 valence electrons. The van der Waals surface area contributed by atoms with Gasteiger partial charge in [-0.2, -0.15) is 0 Å². The van der Waals surface area contributed by atoms with Crippen molar-refractivity contribution in [3.8, 4) is 5.75 Å². The van der Waals surface area contributed by atoms with Crippen LogP contribution >= 0.6 is 27.7 Å². The van der Waals surface area contributed by atoms with Gasteiger partial charge in [0.15, 0.2) is 0 Å². The van der Waals surface area contributed by atoms with E-state index in [9.17, 15) is 4.79 Å².